The van der Waals surface area contributed by atoms with Crippen LogP contribution in [0.15, 0.2) is 22.6 Å². The van der Waals surface area contributed by atoms with Gasteiger partial charge in [-0.2, -0.15) is 0 Å². The molecule has 0 aliphatic heterocycles. The molecule has 0 radical (unpaired) electrons. The molecule has 0 unspecified atom stereocenters. The van der Waals surface area contributed by atoms with E-state index in [1.807, 2.05) is 0 Å². The zero-order valence-electron chi connectivity index (χ0n) is 9.65. The predicted octanol–water partition coefficient (Wildman–Crippen LogP) is -1.17. The number of carboxylic acids is 1. The third-order valence-electron chi connectivity index (χ3n) is 1.77. The summed E-state index contributed by atoms with van der Waals surface area (Å²) < 4.78 is 30.5. The molecule has 0 spiro atoms. The monoisotopic (exact) mass is 234 g/mol. The van der Waals surface area contributed by atoms with Gasteiger partial charge in [-0.05, 0) is 12.1 Å². The average Bonchev–Trinajstić information content (AvgIpc) is 2.66. The van der Waals surface area contributed by atoms with Crippen LogP contribution in [-0.4, -0.2) is 21.3 Å². The molecule has 8 heteroatoms. The third kappa shape index (κ3) is 2.70. The Morgan fingerprint density at radius 2 is 2.06 bits per heavy atom. The molecule has 5 nitrogen and oxygen atoms in total. The second-order valence-electron chi connectivity index (χ2n) is 2.84. The normalized spacial score (nSPS) is 9.76. The van der Waals surface area contributed by atoms with Crippen molar-refractivity contribution >= 4 is 5.97 Å². The van der Waals surface area contributed by atoms with E-state index in [4.69, 9.17) is 5.11 Å². The Kier molecular flexibility index (Phi) is 3.99. The van der Waals surface area contributed by atoms with Crippen LogP contribution in [0, 0.1) is 11.6 Å². The van der Waals surface area contributed by atoms with Crippen molar-refractivity contribution in [2.75, 3.05) is 0 Å². The molecule has 0 saturated carbocycles. The maximum atomic E-state index is 13.2. The first kappa shape index (κ1) is 13.4. The number of hydrogen-bond donors (Lipinski definition) is 1. The second kappa shape index (κ2) is 5.08. The van der Waals surface area contributed by atoms with E-state index >= 15 is 0 Å². The third-order valence-corrected chi connectivity index (χ3v) is 1.77. The van der Waals surface area contributed by atoms with Gasteiger partial charge in [0.1, 0.15) is 11.6 Å². The molecule has 0 aliphatic carbocycles. The molecule has 2 rings (SSSR count). The molecule has 2 aromatic rings. The fourth-order valence-corrected chi connectivity index (χ4v) is 1.08. The number of carboxylic acid groups (broad SMARTS) is 1. The zero-order chi connectivity index (χ0) is 11.7. The first-order valence-corrected chi connectivity index (χ1v) is 4.10. The van der Waals surface area contributed by atoms with E-state index in [2.05, 4.69) is 14.6 Å². The minimum Gasteiger partial charge on any atom is -1.00 e. The maximum Gasteiger partial charge on any atom is 1.00 e. The number of aromatic nitrogens is 2. The molecule has 1 aromatic carbocycles. The molecule has 1 heterocycles. The summed E-state index contributed by atoms with van der Waals surface area (Å²) in [5, 5.41) is 15.0. The number of rotatable bonds is 2. The summed E-state index contributed by atoms with van der Waals surface area (Å²) >= 11 is 0. The summed E-state index contributed by atoms with van der Waals surface area (Å²) in [6.07, 6.45) is 0. The summed E-state index contributed by atoms with van der Waals surface area (Å²) in [6, 6.07) is 2.73. The summed E-state index contributed by atoms with van der Waals surface area (Å²) in [4.78, 5) is 10.4. The van der Waals surface area contributed by atoms with Crippen LogP contribution in [0.25, 0.3) is 11.5 Å². The van der Waals surface area contributed by atoms with Crippen molar-refractivity contribution < 1.29 is 43.4 Å². The summed E-state index contributed by atoms with van der Waals surface area (Å²) in [5.41, 5.74) is -0.151. The number of halogens is 2. The van der Waals surface area contributed by atoms with Gasteiger partial charge in [-0.1, -0.05) is 0 Å². The Bertz CT molecular complexity index is 564. The van der Waals surface area contributed by atoms with Gasteiger partial charge in [-0.15, -0.1) is 10.2 Å². The molecule has 1 N–H and O–H groups in total. The molecule has 84 valence electrons. The molecule has 0 aliphatic rings. The van der Waals surface area contributed by atoms with Crippen LogP contribution >= 0.6 is 0 Å². The van der Waals surface area contributed by atoms with Crippen molar-refractivity contribution in [3.05, 3.63) is 35.7 Å². The van der Waals surface area contributed by atoms with Gasteiger partial charge < -0.3 is 11.0 Å². The van der Waals surface area contributed by atoms with Crippen molar-refractivity contribution in [1.82, 2.24) is 10.2 Å². The molecule has 0 fully saturated rings. The van der Waals surface area contributed by atoms with E-state index in [1.54, 1.807) is 0 Å². The Morgan fingerprint density at radius 3 is 2.59 bits per heavy atom. The fourth-order valence-electron chi connectivity index (χ4n) is 1.08. The Morgan fingerprint density at radius 1 is 1.35 bits per heavy atom. The van der Waals surface area contributed by atoms with Crippen LogP contribution in [0.4, 0.5) is 8.78 Å². The number of hydrogen-bond acceptors (Lipinski definition) is 4. The molecule has 0 atom stereocenters. The summed E-state index contributed by atoms with van der Waals surface area (Å²) in [5.74, 6) is -4.03. The second-order valence-corrected chi connectivity index (χ2v) is 2.84. The first-order valence-electron chi connectivity index (χ1n) is 4.10. The molecule has 1 aromatic heterocycles. The van der Waals surface area contributed by atoms with Gasteiger partial charge >= 0.3 is 30.7 Å². The van der Waals surface area contributed by atoms with Crippen LogP contribution in [0.2, 0.25) is 0 Å². The Labute approximate surface area is 107 Å². The van der Waals surface area contributed by atoms with Crippen LogP contribution in [0.5, 0.6) is 0 Å². The van der Waals surface area contributed by atoms with Crippen molar-refractivity contribution in [3.8, 4) is 11.5 Å². The molecule has 0 saturated heterocycles. The fraction of sp³-hybridized carbons (Fsp3) is 0. The van der Waals surface area contributed by atoms with Crippen LogP contribution in [0.1, 0.15) is 12.1 Å². The minimum atomic E-state index is -1.42. The van der Waals surface area contributed by atoms with Crippen LogP contribution < -0.4 is 18.9 Å². The maximum absolute atomic E-state index is 13.2. The van der Waals surface area contributed by atoms with Crippen molar-refractivity contribution in [2.24, 2.45) is 0 Å². The van der Waals surface area contributed by atoms with E-state index in [-0.39, 0.29) is 31.7 Å². The van der Waals surface area contributed by atoms with Crippen molar-refractivity contribution in [3.63, 3.8) is 0 Å². The topological polar surface area (TPSA) is 76.2 Å². The summed E-state index contributed by atoms with van der Waals surface area (Å²) in [6.45, 7) is 0. The minimum absolute atomic E-state index is 0. The first-order chi connectivity index (χ1) is 7.58. The SMILES string of the molecule is O=C(O)c1nnc(-c2ccc(F)cc2F)o1.[H-].[Li+]. The van der Waals surface area contributed by atoms with Crippen LogP contribution in [0.3, 0.4) is 0 Å². The number of benzene rings is 1. The van der Waals surface area contributed by atoms with Gasteiger partial charge in [0.25, 0.3) is 5.89 Å². The average molecular weight is 234 g/mol. The number of nitrogens with zero attached hydrogens (tertiary/aromatic N) is 2. The smallest absolute Gasteiger partial charge is 1.00 e. The Hall–Kier alpha value is -1.71. The predicted molar refractivity (Wildman–Crippen MR) is 47.7 cm³/mol. The molecule has 0 amide bonds. The quantitative estimate of drug-likeness (QED) is 0.662. The molecular formula is C9H5F2LiN2O3. The van der Waals surface area contributed by atoms with Gasteiger partial charge in [-0.3, -0.25) is 0 Å². The molecular weight excluding hydrogens is 229 g/mol. The number of carbonyl (C=O) groups is 1. The van der Waals surface area contributed by atoms with Gasteiger partial charge in [-0.25, -0.2) is 13.6 Å². The van der Waals surface area contributed by atoms with E-state index < -0.39 is 23.5 Å². The standard InChI is InChI=1S/C9H4F2N2O3.Li.H/c10-4-1-2-5(6(11)3-4)7-12-13-8(16-7)9(14)15;;/h1-3H,(H,14,15);;/q;+1;-1. The van der Waals surface area contributed by atoms with Crippen molar-refractivity contribution in [1.29, 1.82) is 0 Å². The molecule has 17 heavy (non-hydrogen) atoms. The van der Waals surface area contributed by atoms with Gasteiger partial charge in [0.15, 0.2) is 0 Å². The summed E-state index contributed by atoms with van der Waals surface area (Å²) in [7, 11) is 0. The zero-order valence-corrected chi connectivity index (χ0v) is 8.65. The van der Waals surface area contributed by atoms with Gasteiger partial charge in [0, 0.05) is 6.07 Å². The van der Waals surface area contributed by atoms with E-state index in [9.17, 15) is 13.6 Å². The van der Waals surface area contributed by atoms with E-state index in [0.29, 0.717) is 6.07 Å². The van der Waals surface area contributed by atoms with E-state index in [1.165, 1.54) is 0 Å². The Balaban J connectivity index is 0.00000144. The van der Waals surface area contributed by atoms with Gasteiger partial charge in [0.05, 0.1) is 5.56 Å². The number of aromatic carboxylic acids is 1. The van der Waals surface area contributed by atoms with Gasteiger partial charge in [0.2, 0.25) is 0 Å². The largest absolute Gasteiger partial charge is 1.00 e. The van der Waals surface area contributed by atoms with Crippen molar-refractivity contribution in [2.45, 2.75) is 0 Å². The van der Waals surface area contributed by atoms with Crippen LogP contribution in [-0.2, 0) is 0 Å². The molecule has 0 bridgehead atoms. The van der Waals surface area contributed by atoms with E-state index in [0.717, 1.165) is 12.1 Å².